The molecular formula is C13H22N2O2. The van der Waals surface area contributed by atoms with Gasteiger partial charge in [-0.25, -0.2) is 0 Å². The van der Waals surface area contributed by atoms with E-state index in [9.17, 15) is 9.90 Å². The highest BCUT2D eigenvalue weighted by Gasteiger charge is 2.46. The molecule has 0 aromatic carbocycles. The number of nitrogens with one attached hydrogen (secondary N) is 1. The van der Waals surface area contributed by atoms with Crippen LogP contribution in [0.15, 0.2) is 24.3 Å². The minimum absolute atomic E-state index is 0.0996. The molecule has 0 bridgehead atoms. The average molecular weight is 238 g/mol. The summed E-state index contributed by atoms with van der Waals surface area (Å²) in [5.74, 6) is -1.18. The Morgan fingerprint density at radius 1 is 1.53 bits per heavy atom. The first-order valence-corrected chi connectivity index (χ1v) is 5.96. The lowest BCUT2D eigenvalue weighted by atomic mass is 9.70. The van der Waals surface area contributed by atoms with Crippen molar-refractivity contribution in [2.45, 2.75) is 31.9 Å². The molecule has 0 fully saturated rings. The maximum Gasteiger partial charge on any atom is 0.223 e. The van der Waals surface area contributed by atoms with Crippen molar-refractivity contribution < 1.29 is 9.90 Å². The van der Waals surface area contributed by atoms with E-state index >= 15 is 0 Å². The molecule has 17 heavy (non-hydrogen) atoms. The Kier molecular flexibility index (Phi) is 4.48. The first-order valence-electron chi connectivity index (χ1n) is 5.96. The average Bonchev–Trinajstić information content (AvgIpc) is 2.36. The zero-order valence-corrected chi connectivity index (χ0v) is 10.7. The molecule has 0 saturated heterocycles. The van der Waals surface area contributed by atoms with E-state index in [1.165, 1.54) is 0 Å². The number of hydrogen-bond acceptors (Lipinski definition) is 3. The Balaban J connectivity index is 3.05. The second kappa shape index (κ2) is 5.47. The highest BCUT2D eigenvalue weighted by Crippen LogP contribution is 2.34. The van der Waals surface area contributed by atoms with Crippen LogP contribution in [0.3, 0.4) is 0 Å². The second-order valence-corrected chi connectivity index (χ2v) is 4.68. The summed E-state index contributed by atoms with van der Waals surface area (Å²) < 4.78 is 0. The monoisotopic (exact) mass is 238 g/mol. The molecule has 0 aromatic rings. The Hall–Kier alpha value is -1.13. The van der Waals surface area contributed by atoms with Crippen LogP contribution < -0.4 is 11.1 Å². The molecule has 0 heterocycles. The van der Waals surface area contributed by atoms with Gasteiger partial charge in [0.05, 0.1) is 11.5 Å². The summed E-state index contributed by atoms with van der Waals surface area (Å²) in [6.45, 7) is 3.55. The van der Waals surface area contributed by atoms with Crippen molar-refractivity contribution in [2.75, 3.05) is 7.05 Å². The van der Waals surface area contributed by atoms with Crippen LogP contribution >= 0.6 is 0 Å². The quantitative estimate of drug-likeness (QED) is 0.656. The van der Waals surface area contributed by atoms with Gasteiger partial charge >= 0.3 is 0 Å². The van der Waals surface area contributed by atoms with Gasteiger partial charge in [0, 0.05) is 12.0 Å². The number of carbonyl (C=O) groups is 1. The van der Waals surface area contributed by atoms with E-state index in [0.717, 1.165) is 6.42 Å². The number of amides is 1. The number of likely N-dealkylation sites (N-methyl/N-ethyl adjacent to an activating group) is 1. The van der Waals surface area contributed by atoms with Crippen molar-refractivity contribution in [3.63, 3.8) is 0 Å². The summed E-state index contributed by atoms with van der Waals surface area (Å²) in [5, 5.41) is 13.9. The van der Waals surface area contributed by atoms with E-state index in [0.29, 0.717) is 0 Å². The Bertz CT molecular complexity index is 338. The highest BCUT2D eigenvalue weighted by molar-refractivity contribution is 5.77. The van der Waals surface area contributed by atoms with E-state index in [1.54, 1.807) is 14.0 Å². The lowest BCUT2D eigenvalue weighted by Crippen LogP contribution is -2.59. The molecule has 4 heteroatoms. The molecule has 1 aliphatic carbocycles. The SMILES string of the molecule is CN[C@@H](C)[C@@](O)(C1C=CC=CC1)C(C)C(N)=O. The minimum atomic E-state index is -1.16. The molecule has 0 aromatic heterocycles. The van der Waals surface area contributed by atoms with Gasteiger partial charge in [-0.15, -0.1) is 0 Å². The summed E-state index contributed by atoms with van der Waals surface area (Å²) in [6, 6.07) is -0.217. The first-order chi connectivity index (χ1) is 7.94. The predicted octanol–water partition coefficient (Wildman–Crippen LogP) is 0.579. The van der Waals surface area contributed by atoms with Crippen LogP contribution in [0.25, 0.3) is 0 Å². The van der Waals surface area contributed by atoms with Crippen molar-refractivity contribution in [2.24, 2.45) is 17.6 Å². The maximum atomic E-state index is 11.4. The standard InChI is InChI=1S/C13H22N2O2/c1-9(12(14)16)13(17,10(2)15-3)11-7-5-4-6-8-11/h4-7,9-11,15,17H,8H2,1-3H3,(H2,14,16)/t9?,10-,11?,13+/m0/s1. The van der Waals surface area contributed by atoms with Gasteiger partial charge in [0.2, 0.25) is 5.91 Å². The molecule has 0 spiro atoms. The third-order valence-electron chi connectivity index (χ3n) is 3.82. The first kappa shape index (κ1) is 13.9. The Labute approximate surface area is 103 Å². The van der Waals surface area contributed by atoms with E-state index in [-0.39, 0.29) is 12.0 Å². The number of hydrogen-bond donors (Lipinski definition) is 3. The summed E-state index contributed by atoms with van der Waals surface area (Å²) in [5.41, 5.74) is 4.19. The van der Waals surface area contributed by atoms with Gasteiger partial charge < -0.3 is 16.2 Å². The fraction of sp³-hybridized carbons (Fsp3) is 0.615. The third kappa shape index (κ3) is 2.58. The largest absolute Gasteiger partial charge is 0.387 e. The van der Waals surface area contributed by atoms with Crippen LogP contribution in [-0.2, 0) is 4.79 Å². The number of nitrogens with two attached hydrogens (primary N) is 1. The number of aliphatic hydroxyl groups is 1. The van der Waals surface area contributed by atoms with Gasteiger partial charge in [0.15, 0.2) is 0 Å². The predicted molar refractivity (Wildman–Crippen MR) is 68.2 cm³/mol. The van der Waals surface area contributed by atoms with Gasteiger partial charge in [0.25, 0.3) is 0 Å². The molecule has 4 nitrogen and oxygen atoms in total. The molecule has 4 N–H and O–H groups in total. The van der Waals surface area contributed by atoms with E-state index in [1.807, 2.05) is 31.2 Å². The Morgan fingerprint density at radius 2 is 2.18 bits per heavy atom. The van der Waals surface area contributed by atoms with Crippen molar-refractivity contribution >= 4 is 5.91 Å². The minimum Gasteiger partial charge on any atom is -0.387 e. The van der Waals surface area contributed by atoms with Crippen LogP contribution in [0, 0.1) is 11.8 Å². The van der Waals surface area contributed by atoms with Crippen LogP contribution in [0.2, 0.25) is 0 Å². The summed E-state index contributed by atoms with van der Waals surface area (Å²) in [4.78, 5) is 11.4. The zero-order chi connectivity index (χ0) is 13.1. The second-order valence-electron chi connectivity index (χ2n) is 4.68. The fourth-order valence-corrected chi connectivity index (χ4v) is 2.40. The molecule has 4 atom stereocenters. The van der Waals surface area contributed by atoms with Crippen molar-refractivity contribution in [1.29, 1.82) is 0 Å². The molecule has 2 unspecified atom stereocenters. The van der Waals surface area contributed by atoms with Crippen molar-refractivity contribution in [1.82, 2.24) is 5.32 Å². The normalized spacial score (nSPS) is 26.2. The van der Waals surface area contributed by atoms with Crippen LogP contribution in [0.4, 0.5) is 0 Å². The number of rotatable bonds is 5. The van der Waals surface area contributed by atoms with Gasteiger partial charge in [-0.3, -0.25) is 4.79 Å². The van der Waals surface area contributed by atoms with Crippen LogP contribution in [0.1, 0.15) is 20.3 Å². The van der Waals surface area contributed by atoms with Gasteiger partial charge in [-0.2, -0.15) is 0 Å². The zero-order valence-electron chi connectivity index (χ0n) is 10.7. The molecule has 0 saturated carbocycles. The third-order valence-corrected chi connectivity index (χ3v) is 3.82. The van der Waals surface area contributed by atoms with Gasteiger partial charge in [-0.05, 0) is 20.4 Å². The highest BCUT2D eigenvalue weighted by atomic mass is 16.3. The molecule has 1 rings (SSSR count). The number of allylic oxidation sites excluding steroid dienone is 3. The van der Waals surface area contributed by atoms with Crippen LogP contribution in [0.5, 0.6) is 0 Å². The molecule has 96 valence electrons. The molecular weight excluding hydrogens is 216 g/mol. The molecule has 0 aliphatic heterocycles. The smallest absolute Gasteiger partial charge is 0.223 e. The van der Waals surface area contributed by atoms with Crippen LogP contribution in [-0.4, -0.2) is 29.7 Å². The fourth-order valence-electron chi connectivity index (χ4n) is 2.40. The van der Waals surface area contributed by atoms with Gasteiger partial charge in [0.1, 0.15) is 0 Å². The maximum absolute atomic E-state index is 11.4. The van der Waals surface area contributed by atoms with E-state index < -0.39 is 17.4 Å². The molecule has 1 aliphatic rings. The Morgan fingerprint density at radius 3 is 2.59 bits per heavy atom. The van der Waals surface area contributed by atoms with Crippen molar-refractivity contribution in [3.05, 3.63) is 24.3 Å². The lowest BCUT2D eigenvalue weighted by molar-refractivity contribution is -0.137. The van der Waals surface area contributed by atoms with E-state index in [2.05, 4.69) is 5.32 Å². The summed E-state index contributed by atoms with van der Waals surface area (Å²) in [7, 11) is 1.77. The summed E-state index contributed by atoms with van der Waals surface area (Å²) in [6.07, 6.45) is 8.49. The van der Waals surface area contributed by atoms with Gasteiger partial charge in [-0.1, -0.05) is 31.2 Å². The number of carbonyl (C=O) groups excluding carboxylic acids is 1. The summed E-state index contributed by atoms with van der Waals surface area (Å²) >= 11 is 0. The lowest BCUT2D eigenvalue weighted by Gasteiger charge is -2.43. The molecule has 0 radical (unpaired) electrons. The van der Waals surface area contributed by atoms with E-state index in [4.69, 9.17) is 5.73 Å². The topological polar surface area (TPSA) is 75.3 Å². The molecule has 1 amide bonds. The number of primary amides is 1. The van der Waals surface area contributed by atoms with Crippen molar-refractivity contribution in [3.8, 4) is 0 Å².